The quantitative estimate of drug-likeness (QED) is 0.371. The summed E-state index contributed by atoms with van der Waals surface area (Å²) in [7, 11) is 1.51. The van der Waals surface area contributed by atoms with Crippen molar-refractivity contribution in [3.63, 3.8) is 0 Å². The zero-order chi connectivity index (χ0) is 14.7. The minimum atomic E-state index is -0.377. The molecule has 0 amide bonds. The molecule has 0 heterocycles. The van der Waals surface area contributed by atoms with Gasteiger partial charge in [0.25, 0.3) is 0 Å². The van der Waals surface area contributed by atoms with Crippen molar-refractivity contribution in [3.8, 4) is 5.75 Å². The van der Waals surface area contributed by atoms with Gasteiger partial charge in [0.2, 0.25) is 0 Å². The number of methoxy groups -OCH3 is 1. The summed E-state index contributed by atoms with van der Waals surface area (Å²) in [4.78, 5) is 0. The van der Waals surface area contributed by atoms with Gasteiger partial charge in [0, 0.05) is 0 Å². The van der Waals surface area contributed by atoms with Crippen LogP contribution < -0.4 is 13.6 Å². The number of nitrogen functional groups attached to an aromatic ring is 1. The van der Waals surface area contributed by atoms with Gasteiger partial charge in [-0.05, 0) is 0 Å². The van der Waals surface area contributed by atoms with Crippen molar-refractivity contribution >= 4 is 43.2 Å². The molecule has 0 aliphatic rings. The molecule has 20 heavy (non-hydrogen) atoms. The Morgan fingerprint density at radius 2 is 2.10 bits per heavy atom. The Morgan fingerprint density at radius 3 is 2.70 bits per heavy atom. The summed E-state index contributed by atoms with van der Waals surface area (Å²) in [6.45, 7) is 0. The molecule has 0 aromatic heterocycles. The van der Waals surface area contributed by atoms with Crippen molar-refractivity contribution in [1.29, 1.82) is 5.41 Å². The van der Waals surface area contributed by atoms with Gasteiger partial charge in [-0.1, -0.05) is 0 Å². The fraction of sp³-hybridized carbons (Fsp3) is 0.0714. The van der Waals surface area contributed by atoms with E-state index >= 15 is 0 Å². The molecule has 0 spiro atoms. The summed E-state index contributed by atoms with van der Waals surface area (Å²) >= 11 is 0.507. The molecule has 0 atom stereocenters. The van der Waals surface area contributed by atoms with Crippen LogP contribution in [0.4, 0.5) is 15.8 Å². The number of anilines is 2. The number of nitrogens with one attached hydrogen (secondary N) is 2. The Morgan fingerprint density at radius 1 is 1.35 bits per heavy atom. The second-order valence-electron chi connectivity index (χ2n) is 4.14. The third kappa shape index (κ3) is 2.77. The van der Waals surface area contributed by atoms with Crippen LogP contribution in [0.5, 0.6) is 5.75 Å². The van der Waals surface area contributed by atoms with E-state index in [-0.39, 0.29) is 11.5 Å². The van der Waals surface area contributed by atoms with Crippen molar-refractivity contribution in [3.05, 3.63) is 53.3 Å². The molecule has 4 nitrogen and oxygen atoms in total. The maximum absolute atomic E-state index is 13.3. The van der Waals surface area contributed by atoms with E-state index in [1.807, 2.05) is 0 Å². The van der Waals surface area contributed by atoms with E-state index in [0.717, 1.165) is 5.69 Å². The first-order valence-electron chi connectivity index (χ1n) is 5.86. The molecule has 0 saturated carbocycles. The standard InChI is InChI=1S/C14H13FN3O.Tl/c1-19-14-11(17)6-5-10(16)12(14)13(18)8-3-2-4-9(15)7-8;/h2-7,16,18H,17H2,1H3;/q-1;+1. The van der Waals surface area contributed by atoms with E-state index in [9.17, 15) is 4.39 Å². The van der Waals surface area contributed by atoms with Gasteiger partial charge in [0.1, 0.15) is 0 Å². The molecule has 0 unspecified atom stereocenters. The van der Waals surface area contributed by atoms with Gasteiger partial charge in [-0.25, -0.2) is 0 Å². The van der Waals surface area contributed by atoms with Crippen LogP contribution in [0.25, 0.3) is 0 Å². The third-order valence-electron chi connectivity index (χ3n) is 2.91. The molecular weight excluding hydrogens is 450 g/mol. The summed E-state index contributed by atoms with van der Waals surface area (Å²) < 4.78 is 21.8. The second kappa shape index (κ2) is 6.21. The predicted octanol–water partition coefficient (Wildman–Crippen LogP) is 2.33. The Balaban J connectivity index is 2.61. The fourth-order valence-electron chi connectivity index (χ4n) is 1.98. The second-order valence-corrected chi connectivity index (χ2v) is 5.26. The molecule has 0 saturated heterocycles. The monoisotopic (exact) mass is 463 g/mol. The number of benzene rings is 2. The van der Waals surface area contributed by atoms with Crippen molar-refractivity contribution < 1.29 is 9.13 Å². The van der Waals surface area contributed by atoms with Gasteiger partial charge in [-0.3, -0.25) is 0 Å². The maximum atomic E-state index is 13.3. The molecule has 0 fully saturated rings. The zero-order valence-electron chi connectivity index (χ0n) is 10.9. The molecular formula is C14H13FN3OTl. The average molecular weight is 463 g/mol. The summed E-state index contributed by atoms with van der Waals surface area (Å²) in [5.41, 5.74) is 8.33. The molecule has 4 N–H and O–H groups in total. The Bertz CT molecular complexity index is 661. The van der Waals surface area contributed by atoms with Gasteiger partial charge in [0.05, 0.1) is 0 Å². The number of hydrogen-bond acceptors (Lipinski definition) is 4. The molecule has 2 aromatic carbocycles. The first-order chi connectivity index (χ1) is 9.58. The van der Waals surface area contributed by atoms with Crippen LogP contribution in [0, 0.1) is 11.2 Å². The first kappa shape index (κ1) is 14.8. The van der Waals surface area contributed by atoms with Crippen molar-refractivity contribution in [2.45, 2.75) is 0 Å². The Hall–Kier alpha value is -1.64. The number of rotatable bonds is 4. The molecule has 0 aliphatic carbocycles. The van der Waals surface area contributed by atoms with Crippen molar-refractivity contribution in [2.75, 3.05) is 16.0 Å². The molecule has 2 rings (SSSR count). The van der Waals surface area contributed by atoms with Crippen LogP contribution in [0.3, 0.4) is 0 Å². The molecule has 0 bridgehead atoms. The van der Waals surface area contributed by atoms with E-state index in [2.05, 4.69) is 3.13 Å². The number of ether oxygens (including phenoxy) is 1. The third-order valence-corrected chi connectivity index (χ3v) is 4.12. The van der Waals surface area contributed by atoms with Crippen molar-refractivity contribution in [1.82, 2.24) is 0 Å². The van der Waals surface area contributed by atoms with Crippen LogP contribution in [0.2, 0.25) is 0 Å². The zero-order valence-corrected chi connectivity index (χ0v) is 15.4. The van der Waals surface area contributed by atoms with E-state index in [1.165, 1.54) is 19.2 Å². The Kier molecular flexibility index (Phi) is 4.58. The molecule has 0 radical (unpaired) electrons. The molecule has 2 aromatic rings. The van der Waals surface area contributed by atoms with Crippen LogP contribution >= 0.6 is 0 Å². The summed E-state index contributed by atoms with van der Waals surface area (Å²) in [6.07, 6.45) is 0. The molecule has 0 aliphatic heterocycles. The molecule has 6 heteroatoms. The van der Waals surface area contributed by atoms with Gasteiger partial charge < -0.3 is 0 Å². The van der Waals surface area contributed by atoms with Gasteiger partial charge in [-0.2, -0.15) is 0 Å². The normalized spacial score (nSPS) is 10.1. The Labute approximate surface area is 132 Å². The first-order valence-corrected chi connectivity index (χ1v) is 8.11. The predicted molar refractivity (Wildman–Crippen MR) is 79.1 cm³/mol. The van der Waals surface area contributed by atoms with Gasteiger partial charge in [0.15, 0.2) is 0 Å². The van der Waals surface area contributed by atoms with E-state index in [0.29, 0.717) is 48.6 Å². The number of nitrogens with two attached hydrogens (primary N) is 1. The average Bonchev–Trinajstić information content (AvgIpc) is 2.46. The fourth-order valence-corrected chi connectivity index (χ4v) is 2.91. The minimum absolute atomic E-state index is 0.178. The van der Waals surface area contributed by atoms with Crippen LogP contribution in [0.1, 0.15) is 11.1 Å². The van der Waals surface area contributed by atoms with Gasteiger partial charge in [-0.15, -0.1) is 0 Å². The van der Waals surface area contributed by atoms with E-state index < -0.39 is 0 Å². The summed E-state index contributed by atoms with van der Waals surface area (Å²) in [5.74, 6) is 0.0577. The van der Waals surface area contributed by atoms with Crippen LogP contribution in [-0.4, -0.2) is 38.9 Å². The molecule has 100 valence electrons. The number of halogens is 1. The van der Waals surface area contributed by atoms with Crippen molar-refractivity contribution in [2.24, 2.45) is 0 Å². The van der Waals surface area contributed by atoms with Gasteiger partial charge >= 0.3 is 133 Å². The van der Waals surface area contributed by atoms with Crippen LogP contribution in [-0.2, 0) is 0 Å². The van der Waals surface area contributed by atoms with E-state index in [1.54, 1.807) is 24.3 Å². The summed E-state index contributed by atoms with van der Waals surface area (Å²) in [5, 5.41) is 8.33. The van der Waals surface area contributed by atoms with Crippen LogP contribution in [0.15, 0.2) is 36.4 Å². The topological polar surface area (TPSA) is 71.1 Å². The number of hydrogen-bond donors (Lipinski definition) is 3. The SMILES string of the molecule is COc1c(N)ccc([NH][Tl])c1C(=N)c1cccc(F)c1. The van der Waals surface area contributed by atoms with E-state index in [4.69, 9.17) is 15.9 Å². The summed E-state index contributed by atoms with van der Waals surface area (Å²) in [6, 6.07) is 9.47.